The van der Waals surface area contributed by atoms with Gasteiger partial charge >= 0.3 is 5.97 Å². The maximum absolute atomic E-state index is 11.2. The van der Waals surface area contributed by atoms with Crippen molar-refractivity contribution >= 4 is 34.1 Å². The molecule has 9 heteroatoms. The average Bonchev–Trinajstić information content (AvgIpc) is 3.24. The van der Waals surface area contributed by atoms with Crippen molar-refractivity contribution in [2.24, 2.45) is 0 Å². The zero-order valence-corrected chi connectivity index (χ0v) is 16.3. The summed E-state index contributed by atoms with van der Waals surface area (Å²) < 4.78 is 19.0. The van der Waals surface area contributed by atoms with Crippen LogP contribution in [-0.4, -0.2) is 38.3 Å². The van der Waals surface area contributed by atoms with E-state index in [1.54, 1.807) is 12.1 Å². The Kier molecular flexibility index (Phi) is 4.23. The number of nitrogen functional groups attached to an aromatic ring is 1. The highest BCUT2D eigenvalue weighted by Gasteiger charge is 2.22. The van der Waals surface area contributed by atoms with Crippen LogP contribution >= 0.6 is 0 Å². The van der Waals surface area contributed by atoms with Crippen LogP contribution in [0.15, 0.2) is 34.7 Å². The molecule has 5 rings (SSSR count). The second-order valence-electron chi connectivity index (χ2n) is 7.26. The third kappa shape index (κ3) is 3.08. The fourth-order valence-corrected chi connectivity index (χ4v) is 3.71. The molecule has 1 aliphatic rings. The molecule has 0 unspecified atom stereocenters. The number of carboxylic acid groups (broad SMARTS) is 1. The van der Waals surface area contributed by atoms with Crippen LogP contribution in [0.5, 0.6) is 11.5 Å². The molecule has 0 amide bonds. The van der Waals surface area contributed by atoms with Gasteiger partial charge < -0.3 is 29.3 Å². The molecule has 0 bridgehead atoms. The Morgan fingerprint density at radius 3 is 2.93 bits per heavy atom. The summed E-state index contributed by atoms with van der Waals surface area (Å²) in [7, 11) is 0. The lowest BCUT2D eigenvalue weighted by atomic mass is 10.2. The predicted octanol–water partition coefficient (Wildman–Crippen LogP) is 3.45. The first-order valence-electron chi connectivity index (χ1n) is 9.72. The fourth-order valence-electron chi connectivity index (χ4n) is 3.71. The number of carboxylic acids is 1. The second kappa shape index (κ2) is 6.94. The minimum atomic E-state index is -1.04. The minimum absolute atomic E-state index is 0.120. The van der Waals surface area contributed by atoms with Crippen molar-refractivity contribution < 1.29 is 23.8 Å². The number of hydrogen-bond donors (Lipinski definition) is 2. The van der Waals surface area contributed by atoms with Crippen LogP contribution in [0.2, 0.25) is 0 Å². The first kappa shape index (κ1) is 18.3. The van der Waals surface area contributed by atoms with Crippen molar-refractivity contribution in [2.75, 3.05) is 12.3 Å². The maximum Gasteiger partial charge on any atom is 0.344 e. The lowest BCUT2D eigenvalue weighted by molar-refractivity contribution is -0.144. The Balaban J connectivity index is 1.68. The van der Waals surface area contributed by atoms with Crippen LogP contribution in [-0.2, 0) is 11.3 Å². The summed E-state index contributed by atoms with van der Waals surface area (Å²) >= 11 is 0. The van der Waals surface area contributed by atoms with Gasteiger partial charge in [0.05, 0.1) is 12.1 Å². The molecule has 3 heterocycles. The van der Waals surface area contributed by atoms with Crippen molar-refractivity contribution in [3.63, 3.8) is 0 Å². The summed E-state index contributed by atoms with van der Waals surface area (Å²) in [5.74, 6) is 0.767. The van der Waals surface area contributed by atoms with Gasteiger partial charge in [-0.3, -0.25) is 0 Å². The molecule has 0 spiro atoms. The number of carbonyl (C=O) groups is 1. The molecule has 30 heavy (non-hydrogen) atoms. The van der Waals surface area contributed by atoms with Crippen molar-refractivity contribution in [3.05, 3.63) is 30.3 Å². The molecule has 3 N–H and O–H groups in total. The summed E-state index contributed by atoms with van der Waals surface area (Å²) in [5.41, 5.74) is 9.36. The number of rotatable bonds is 4. The van der Waals surface area contributed by atoms with E-state index in [0.717, 1.165) is 36.3 Å². The summed E-state index contributed by atoms with van der Waals surface area (Å²) in [6, 6.07) is 9.23. The highest BCUT2D eigenvalue weighted by molar-refractivity contribution is 5.89. The van der Waals surface area contributed by atoms with E-state index < -0.39 is 12.1 Å². The number of hydrogen-bond acceptors (Lipinski definition) is 7. The highest BCUT2D eigenvalue weighted by atomic mass is 16.5. The molecular weight excluding hydrogens is 388 g/mol. The van der Waals surface area contributed by atoms with Gasteiger partial charge in [-0.25, -0.2) is 9.78 Å². The summed E-state index contributed by atoms with van der Waals surface area (Å²) in [4.78, 5) is 20.2. The van der Waals surface area contributed by atoms with Gasteiger partial charge in [-0.1, -0.05) is 0 Å². The SMILES string of the molecule is C[C@H](Oc1cc2c3c(c1)nc(-c1ccc4oc(N)nc4c1)n3CCCCO2)C(=O)O. The number of oxazole rings is 1. The van der Waals surface area contributed by atoms with Crippen molar-refractivity contribution in [2.45, 2.75) is 32.4 Å². The number of fused-ring (bicyclic) bond motifs is 1. The van der Waals surface area contributed by atoms with Gasteiger partial charge in [0.1, 0.15) is 28.4 Å². The Morgan fingerprint density at radius 2 is 2.10 bits per heavy atom. The van der Waals surface area contributed by atoms with Gasteiger partial charge in [-0.15, -0.1) is 0 Å². The molecule has 0 aliphatic carbocycles. The minimum Gasteiger partial charge on any atom is -0.491 e. The summed E-state index contributed by atoms with van der Waals surface area (Å²) in [6.45, 7) is 2.85. The van der Waals surface area contributed by atoms with Crippen LogP contribution in [0.4, 0.5) is 6.01 Å². The van der Waals surface area contributed by atoms with E-state index >= 15 is 0 Å². The van der Waals surface area contributed by atoms with E-state index in [4.69, 9.17) is 29.7 Å². The molecule has 1 aliphatic heterocycles. The van der Waals surface area contributed by atoms with E-state index in [-0.39, 0.29) is 6.01 Å². The smallest absolute Gasteiger partial charge is 0.344 e. The van der Waals surface area contributed by atoms with E-state index in [9.17, 15) is 4.79 Å². The average molecular weight is 408 g/mol. The molecule has 0 saturated carbocycles. The van der Waals surface area contributed by atoms with E-state index in [1.807, 2.05) is 18.2 Å². The topological polar surface area (TPSA) is 126 Å². The quantitative estimate of drug-likeness (QED) is 0.526. The van der Waals surface area contributed by atoms with Crippen LogP contribution in [0.3, 0.4) is 0 Å². The number of imidazole rings is 1. The largest absolute Gasteiger partial charge is 0.491 e. The highest BCUT2D eigenvalue weighted by Crippen LogP contribution is 2.37. The lowest BCUT2D eigenvalue weighted by Crippen LogP contribution is -2.22. The van der Waals surface area contributed by atoms with Gasteiger partial charge in [0.2, 0.25) is 0 Å². The van der Waals surface area contributed by atoms with Crippen LogP contribution in [0.1, 0.15) is 19.8 Å². The van der Waals surface area contributed by atoms with Crippen LogP contribution < -0.4 is 15.2 Å². The summed E-state index contributed by atoms with van der Waals surface area (Å²) in [5, 5.41) is 9.16. The standard InChI is InChI=1S/C21H20N4O5/c1-11(20(26)27)29-13-9-15-18-17(10-13)28-7-3-2-6-25(18)19(23-15)12-4-5-16-14(8-12)24-21(22)30-16/h4-5,8-11H,2-3,6-7H2,1H3,(H2,22,24)(H,26,27)/t11-/m0/s1. The molecule has 9 nitrogen and oxygen atoms in total. The Hall–Kier alpha value is -3.75. The van der Waals surface area contributed by atoms with Crippen molar-refractivity contribution in [1.29, 1.82) is 0 Å². The van der Waals surface area contributed by atoms with Gasteiger partial charge in [0, 0.05) is 24.2 Å². The molecular formula is C21H20N4O5. The first-order valence-corrected chi connectivity index (χ1v) is 9.72. The van der Waals surface area contributed by atoms with Gasteiger partial charge in [-0.05, 0) is 38.0 Å². The van der Waals surface area contributed by atoms with E-state index in [2.05, 4.69) is 9.55 Å². The third-order valence-corrected chi connectivity index (χ3v) is 5.14. The van der Waals surface area contributed by atoms with Crippen molar-refractivity contribution in [1.82, 2.24) is 14.5 Å². The Bertz CT molecular complexity index is 1280. The number of aryl methyl sites for hydroxylation is 1. The lowest BCUT2D eigenvalue weighted by Gasteiger charge is -2.17. The van der Waals surface area contributed by atoms with E-state index in [0.29, 0.717) is 34.7 Å². The molecule has 4 aromatic rings. The summed E-state index contributed by atoms with van der Waals surface area (Å²) in [6.07, 6.45) is 0.865. The first-order chi connectivity index (χ1) is 14.5. The number of benzene rings is 2. The number of ether oxygens (including phenoxy) is 2. The molecule has 0 saturated heterocycles. The number of aliphatic carboxylic acids is 1. The fraction of sp³-hybridized carbons (Fsp3) is 0.286. The second-order valence-corrected chi connectivity index (χ2v) is 7.26. The molecule has 0 fully saturated rings. The zero-order valence-electron chi connectivity index (χ0n) is 16.3. The normalized spacial score (nSPS) is 14.8. The van der Waals surface area contributed by atoms with Crippen molar-refractivity contribution in [3.8, 4) is 22.9 Å². The molecule has 154 valence electrons. The van der Waals surface area contributed by atoms with E-state index in [1.165, 1.54) is 6.92 Å². The maximum atomic E-state index is 11.2. The molecule has 2 aromatic heterocycles. The number of nitrogens with two attached hydrogens (primary N) is 1. The molecule has 1 atom stereocenters. The van der Waals surface area contributed by atoms with Gasteiger partial charge in [0.25, 0.3) is 6.01 Å². The predicted molar refractivity (Wildman–Crippen MR) is 110 cm³/mol. The Labute approximate surface area is 171 Å². The number of anilines is 1. The van der Waals surface area contributed by atoms with Gasteiger partial charge in [-0.2, -0.15) is 4.98 Å². The van der Waals surface area contributed by atoms with Gasteiger partial charge in [0.15, 0.2) is 11.7 Å². The van der Waals surface area contributed by atoms with Crippen LogP contribution in [0, 0.1) is 0 Å². The molecule has 0 radical (unpaired) electrons. The Morgan fingerprint density at radius 1 is 1.23 bits per heavy atom. The van der Waals surface area contributed by atoms with Crippen LogP contribution in [0.25, 0.3) is 33.5 Å². The molecule has 2 aromatic carbocycles. The number of nitrogens with zero attached hydrogens (tertiary/aromatic N) is 3. The number of aromatic nitrogens is 3. The monoisotopic (exact) mass is 408 g/mol. The zero-order chi connectivity index (χ0) is 20.8. The third-order valence-electron chi connectivity index (χ3n) is 5.14.